The molecule has 2 N–H and O–H groups in total. The number of para-hydroxylation sites is 1. The maximum atomic E-state index is 12.9. The van der Waals surface area contributed by atoms with Crippen LogP contribution in [0.5, 0.6) is 5.75 Å². The van der Waals surface area contributed by atoms with Crippen molar-refractivity contribution in [3.63, 3.8) is 0 Å². The van der Waals surface area contributed by atoms with Gasteiger partial charge >= 0.3 is 6.03 Å². The lowest BCUT2D eigenvalue weighted by atomic mass is 9.86. The van der Waals surface area contributed by atoms with Gasteiger partial charge in [-0.3, -0.25) is 9.69 Å². The van der Waals surface area contributed by atoms with E-state index in [1.54, 1.807) is 0 Å². The summed E-state index contributed by atoms with van der Waals surface area (Å²) >= 11 is 0. The van der Waals surface area contributed by atoms with Crippen LogP contribution < -0.4 is 10.1 Å². The minimum atomic E-state index is -0.941. The Balaban J connectivity index is 1.62. The zero-order valence-corrected chi connectivity index (χ0v) is 17.2. The van der Waals surface area contributed by atoms with Crippen molar-refractivity contribution in [3.05, 3.63) is 29.8 Å². The summed E-state index contributed by atoms with van der Waals surface area (Å²) in [6.45, 7) is 6.28. The molecule has 1 atom stereocenters. The summed E-state index contributed by atoms with van der Waals surface area (Å²) in [5.74, 6) is 0.514. The Kier molecular flexibility index (Phi) is 5.98. The summed E-state index contributed by atoms with van der Waals surface area (Å²) < 4.78 is 5.84. The van der Waals surface area contributed by atoms with E-state index >= 15 is 0 Å². The molecule has 1 aliphatic carbocycles. The fourth-order valence-corrected chi connectivity index (χ4v) is 4.17. The van der Waals surface area contributed by atoms with Crippen LogP contribution in [-0.4, -0.2) is 46.7 Å². The number of hydrogen-bond acceptors (Lipinski definition) is 4. The number of carbonyl (C=O) groups is 2. The van der Waals surface area contributed by atoms with E-state index < -0.39 is 17.7 Å². The Hall–Kier alpha value is -2.08. The number of aliphatic hydroxyl groups excluding tert-OH is 1. The van der Waals surface area contributed by atoms with Crippen molar-refractivity contribution < 1.29 is 19.4 Å². The zero-order valence-electron chi connectivity index (χ0n) is 17.2. The van der Waals surface area contributed by atoms with Gasteiger partial charge in [0.25, 0.3) is 5.91 Å². The first-order chi connectivity index (χ1) is 13.2. The fraction of sp³-hybridized carbons (Fsp3) is 0.636. The fourth-order valence-electron chi connectivity index (χ4n) is 4.17. The summed E-state index contributed by atoms with van der Waals surface area (Å²) in [7, 11) is 0. The average Bonchev–Trinajstić information content (AvgIpc) is 2.81. The highest BCUT2D eigenvalue weighted by Crippen LogP contribution is 2.33. The second-order valence-electron chi connectivity index (χ2n) is 9.05. The second kappa shape index (κ2) is 8.11. The molecular formula is C22H32N2O4. The van der Waals surface area contributed by atoms with E-state index in [1.807, 2.05) is 24.3 Å². The van der Waals surface area contributed by atoms with Crippen molar-refractivity contribution in [1.29, 1.82) is 0 Å². The van der Waals surface area contributed by atoms with Gasteiger partial charge in [0.05, 0.1) is 6.54 Å². The van der Waals surface area contributed by atoms with Gasteiger partial charge in [-0.2, -0.15) is 0 Å². The van der Waals surface area contributed by atoms with Crippen LogP contribution in [0, 0.1) is 0 Å². The monoisotopic (exact) mass is 388 g/mol. The highest BCUT2D eigenvalue weighted by Gasteiger charge is 2.50. The Morgan fingerprint density at radius 3 is 2.43 bits per heavy atom. The van der Waals surface area contributed by atoms with E-state index in [0.29, 0.717) is 18.6 Å². The first-order valence-corrected chi connectivity index (χ1v) is 10.3. The number of carbonyl (C=O) groups excluding carboxylic acids is 2. The first-order valence-electron chi connectivity index (χ1n) is 10.3. The molecule has 3 amide bonds. The third kappa shape index (κ3) is 4.32. The van der Waals surface area contributed by atoms with Crippen molar-refractivity contribution in [1.82, 2.24) is 10.2 Å². The number of nitrogens with one attached hydrogen (secondary N) is 1. The van der Waals surface area contributed by atoms with Crippen LogP contribution in [0.4, 0.5) is 4.79 Å². The van der Waals surface area contributed by atoms with Crippen LogP contribution in [0.3, 0.4) is 0 Å². The van der Waals surface area contributed by atoms with Crippen molar-refractivity contribution in [2.24, 2.45) is 0 Å². The number of hydrogen-bond donors (Lipinski definition) is 2. The maximum Gasteiger partial charge on any atom is 0.325 e. The number of β-amino-alcohol motifs (C(OH)–C–C–N with tert-alkyl or cyclic N) is 1. The van der Waals surface area contributed by atoms with E-state index in [-0.39, 0.29) is 24.5 Å². The molecule has 0 radical (unpaired) electrons. The predicted octanol–water partition coefficient (Wildman–Crippen LogP) is 3.37. The molecule has 154 valence electrons. The molecule has 28 heavy (non-hydrogen) atoms. The van der Waals surface area contributed by atoms with E-state index in [0.717, 1.165) is 36.1 Å². The number of urea groups is 1. The third-order valence-electron chi connectivity index (χ3n) is 5.72. The molecular weight excluding hydrogens is 356 g/mol. The average molecular weight is 389 g/mol. The molecule has 1 spiro atoms. The van der Waals surface area contributed by atoms with Crippen LogP contribution in [0.15, 0.2) is 24.3 Å². The molecule has 1 aromatic carbocycles. The predicted molar refractivity (Wildman–Crippen MR) is 107 cm³/mol. The molecule has 1 saturated heterocycles. The number of imide groups is 1. The van der Waals surface area contributed by atoms with Crippen LogP contribution in [-0.2, 0) is 10.2 Å². The highest BCUT2D eigenvalue weighted by molar-refractivity contribution is 6.07. The number of ether oxygens (including phenoxy) is 1. The molecule has 1 aromatic rings. The molecule has 6 nitrogen and oxygen atoms in total. The standard InChI is InChI=1S/C22H32N2O4/c1-21(2,3)17-10-6-7-11-18(17)28-15-16(25)14-24-19(26)22(23-20(24)27)12-8-4-5-9-13-22/h6-7,10-11,16,25H,4-5,8-9,12-15H2,1-3H3,(H,23,27). The maximum absolute atomic E-state index is 12.9. The smallest absolute Gasteiger partial charge is 0.325 e. The van der Waals surface area contributed by atoms with E-state index in [2.05, 4.69) is 26.1 Å². The first kappa shape index (κ1) is 20.6. The summed E-state index contributed by atoms with van der Waals surface area (Å²) in [5, 5.41) is 13.3. The van der Waals surface area contributed by atoms with Crippen molar-refractivity contribution in [2.75, 3.05) is 13.2 Å². The molecule has 3 rings (SSSR count). The van der Waals surface area contributed by atoms with Gasteiger partial charge in [0.2, 0.25) is 0 Å². The molecule has 0 bridgehead atoms. The van der Waals surface area contributed by atoms with Gasteiger partial charge in [-0.25, -0.2) is 4.79 Å². The summed E-state index contributed by atoms with van der Waals surface area (Å²) in [6.07, 6.45) is 4.48. The lowest BCUT2D eigenvalue weighted by molar-refractivity contribution is -0.132. The minimum absolute atomic E-state index is 0.0250. The zero-order chi connectivity index (χ0) is 20.4. The minimum Gasteiger partial charge on any atom is -0.491 e. The number of benzene rings is 1. The van der Waals surface area contributed by atoms with Gasteiger partial charge in [0, 0.05) is 0 Å². The van der Waals surface area contributed by atoms with Crippen LogP contribution in [0.25, 0.3) is 0 Å². The largest absolute Gasteiger partial charge is 0.491 e. The molecule has 1 unspecified atom stereocenters. The van der Waals surface area contributed by atoms with Crippen molar-refractivity contribution >= 4 is 11.9 Å². The summed E-state index contributed by atoms with van der Waals surface area (Å²) in [4.78, 5) is 26.5. The molecule has 1 saturated carbocycles. The topological polar surface area (TPSA) is 78.9 Å². The van der Waals surface area contributed by atoms with Crippen molar-refractivity contribution in [2.45, 2.75) is 76.4 Å². The van der Waals surface area contributed by atoms with Gasteiger partial charge < -0.3 is 15.2 Å². The van der Waals surface area contributed by atoms with Crippen LogP contribution in [0.1, 0.15) is 64.9 Å². The third-order valence-corrected chi connectivity index (χ3v) is 5.72. The summed E-state index contributed by atoms with van der Waals surface area (Å²) in [6, 6.07) is 7.34. The Labute approximate surface area is 167 Å². The number of rotatable bonds is 5. The normalized spacial score (nSPS) is 20.8. The van der Waals surface area contributed by atoms with Gasteiger partial charge in [-0.15, -0.1) is 0 Å². The lowest BCUT2D eigenvalue weighted by Gasteiger charge is -2.26. The van der Waals surface area contributed by atoms with Crippen LogP contribution in [0.2, 0.25) is 0 Å². The SMILES string of the molecule is CC(C)(C)c1ccccc1OCC(O)CN1C(=O)NC2(CCCCCC2)C1=O. The highest BCUT2D eigenvalue weighted by atomic mass is 16.5. The molecule has 2 aliphatic rings. The van der Waals surface area contributed by atoms with Crippen LogP contribution >= 0.6 is 0 Å². The Bertz CT molecular complexity index is 717. The second-order valence-corrected chi connectivity index (χ2v) is 9.05. The number of amides is 3. The van der Waals surface area contributed by atoms with Gasteiger partial charge in [0.1, 0.15) is 24.0 Å². The Morgan fingerprint density at radius 2 is 1.79 bits per heavy atom. The number of aliphatic hydroxyl groups is 1. The van der Waals surface area contributed by atoms with E-state index in [1.165, 1.54) is 0 Å². The molecule has 1 heterocycles. The molecule has 0 aromatic heterocycles. The van der Waals surface area contributed by atoms with Gasteiger partial charge in [-0.1, -0.05) is 64.7 Å². The molecule has 6 heteroatoms. The van der Waals surface area contributed by atoms with E-state index in [9.17, 15) is 14.7 Å². The lowest BCUT2D eigenvalue weighted by Crippen LogP contribution is -2.47. The Morgan fingerprint density at radius 1 is 1.14 bits per heavy atom. The molecule has 1 aliphatic heterocycles. The van der Waals surface area contributed by atoms with Gasteiger partial charge in [-0.05, 0) is 29.9 Å². The van der Waals surface area contributed by atoms with Crippen molar-refractivity contribution in [3.8, 4) is 5.75 Å². The summed E-state index contributed by atoms with van der Waals surface area (Å²) in [5.41, 5.74) is 0.195. The van der Waals surface area contributed by atoms with Gasteiger partial charge in [0.15, 0.2) is 0 Å². The van der Waals surface area contributed by atoms with E-state index in [4.69, 9.17) is 4.74 Å². The number of nitrogens with zero attached hydrogens (tertiary/aromatic N) is 1. The quantitative estimate of drug-likeness (QED) is 0.758. The molecule has 2 fully saturated rings.